The molecule has 3 rings (SSSR count). The van der Waals surface area contributed by atoms with Crippen molar-refractivity contribution in [2.24, 2.45) is 0 Å². The highest BCUT2D eigenvalue weighted by atomic mass is 79.9. The van der Waals surface area contributed by atoms with E-state index in [-0.39, 0.29) is 18.1 Å². The summed E-state index contributed by atoms with van der Waals surface area (Å²) in [4.78, 5) is 12.3. The Kier molecular flexibility index (Phi) is 3.79. The largest absolute Gasteiger partial charge is 0.340 e. The predicted molar refractivity (Wildman–Crippen MR) is 85.9 cm³/mol. The van der Waals surface area contributed by atoms with Crippen molar-refractivity contribution in [2.45, 2.75) is 6.54 Å². The number of aromatic nitrogens is 1. The van der Waals surface area contributed by atoms with Crippen LogP contribution in [-0.4, -0.2) is 10.4 Å². The van der Waals surface area contributed by atoms with Gasteiger partial charge in [0.1, 0.15) is 5.82 Å². The Morgan fingerprint density at radius 3 is 2.75 bits per heavy atom. The lowest BCUT2D eigenvalue weighted by Crippen LogP contribution is -2.09. The standard InChI is InChI=1S/C14H8Br2FNOS/c15-13-6-10(14(16)20-13)12(19)7-18-4-3-8-5-9(17)1-2-11(8)18/h1-6H,7H2. The van der Waals surface area contributed by atoms with Gasteiger partial charge in [-0.1, -0.05) is 0 Å². The summed E-state index contributed by atoms with van der Waals surface area (Å²) in [5.41, 5.74) is 1.51. The SMILES string of the molecule is O=C(Cn1ccc2cc(F)ccc21)c1cc(Br)sc1Br. The Morgan fingerprint density at radius 2 is 2.05 bits per heavy atom. The molecular weight excluding hydrogens is 409 g/mol. The number of hydrogen-bond donors (Lipinski definition) is 0. The fourth-order valence-corrected chi connectivity index (χ4v) is 4.93. The molecule has 0 fully saturated rings. The number of hydrogen-bond acceptors (Lipinski definition) is 2. The molecule has 0 aliphatic carbocycles. The van der Waals surface area contributed by atoms with E-state index < -0.39 is 0 Å². The first kappa shape index (κ1) is 14.0. The lowest BCUT2D eigenvalue weighted by molar-refractivity contribution is 0.0973. The second-order valence-corrected chi connectivity index (χ2v) is 8.06. The van der Waals surface area contributed by atoms with Crippen molar-refractivity contribution in [3.05, 3.63) is 55.5 Å². The molecule has 6 heteroatoms. The van der Waals surface area contributed by atoms with Crippen molar-refractivity contribution >= 4 is 59.9 Å². The van der Waals surface area contributed by atoms with Crippen LogP contribution in [-0.2, 0) is 6.54 Å². The average molecular weight is 417 g/mol. The summed E-state index contributed by atoms with van der Waals surface area (Å²) < 4.78 is 16.7. The molecule has 0 spiro atoms. The van der Waals surface area contributed by atoms with Gasteiger partial charge in [0.2, 0.25) is 0 Å². The molecule has 20 heavy (non-hydrogen) atoms. The normalized spacial score (nSPS) is 11.2. The second-order valence-electron chi connectivity index (χ2n) is 4.31. The van der Waals surface area contributed by atoms with Crippen LogP contribution < -0.4 is 0 Å². The fraction of sp³-hybridized carbons (Fsp3) is 0.0714. The summed E-state index contributed by atoms with van der Waals surface area (Å²) >= 11 is 8.22. The monoisotopic (exact) mass is 415 g/mol. The quantitative estimate of drug-likeness (QED) is 0.534. The minimum Gasteiger partial charge on any atom is -0.340 e. The van der Waals surface area contributed by atoms with Crippen LogP contribution in [0.2, 0.25) is 0 Å². The second kappa shape index (κ2) is 5.42. The molecule has 0 aliphatic rings. The Bertz CT molecular complexity index is 809. The van der Waals surface area contributed by atoms with Gasteiger partial charge >= 0.3 is 0 Å². The Balaban J connectivity index is 1.93. The van der Waals surface area contributed by atoms with Crippen LogP contribution in [0.4, 0.5) is 4.39 Å². The number of thiophene rings is 1. The van der Waals surface area contributed by atoms with Gasteiger partial charge in [-0.3, -0.25) is 4.79 Å². The van der Waals surface area contributed by atoms with Crippen molar-refractivity contribution in [2.75, 3.05) is 0 Å². The summed E-state index contributed by atoms with van der Waals surface area (Å²) in [5, 5.41) is 0.795. The third-order valence-electron chi connectivity index (χ3n) is 3.00. The van der Waals surface area contributed by atoms with E-state index in [0.717, 1.165) is 18.5 Å². The minimum atomic E-state index is -0.272. The number of carbonyl (C=O) groups is 1. The van der Waals surface area contributed by atoms with Gasteiger partial charge in [-0.2, -0.15) is 0 Å². The minimum absolute atomic E-state index is 0.0145. The van der Waals surface area contributed by atoms with Gasteiger partial charge < -0.3 is 4.57 Å². The van der Waals surface area contributed by atoms with Crippen LogP contribution in [0.15, 0.2) is 44.1 Å². The lowest BCUT2D eigenvalue weighted by Gasteiger charge is -2.04. The molecule has 0 saturated heterocycles. The van der Waals surface area contributed by atoms with Crippen molar-refractivity contribution in [3.8, 4) is 0 Å². The molecule has 0 radical (unpaired) electrons. The molecule has 0 atom stereocenters. The summed E-state index contributed by atoms with van der Waals surface area (Å²) in [5.74, 6) is -0.258. The third kappa shape index (κ3) is 2.60. The van der Waals surface area contributed by atoms with Gasteiger partial charge in [-0.25, -0.2) is 4.39 Å². The van der Waals surface area contributed by atoms with Gasteiger partial charge in [0.05, 0.1) is 14.1 Å². The first-order chi connectivity index (χ1) is 9.54. The number of rotatable bonds is 3. The van der Waals surface area contributed by atoms with Crippen molar-refractivity contribution in [3.63, 3.8) is 0 Å². The van der Waals surface area contributed by atoms with Crippen LogP contribution in [0.5, 0.6) is 0 Å². The van der Waals surface area contributed by atoms with E-state index >= 15 is 0 Å². The number of nitrogens with zero attached hydrogens (tertiary/aromatic N) is 1. The van der Waals surface area contributed by atoms with E-state index in [2.05, 4.69) is 31.9 Å². The van der Waals surface area contributed by atoms with Gasteiger partial charge in [0.25, 0.3) is 0 Å². The maximum Gasteiger partial charge on any atom is 0.184 e. The highest BCUT2D eigenvalue weighted by molar-refractivity contribution is 9.12. The maximum atomic E-state index is 13.1. The predicted octanol–water partition coefficient (Wildman–Crippen LogP) is 5.25. The van der Waals surface area contributed by atoms with Crippen LogP contribution in [0, 0.1) is 5.82 Å². The highest BCUT2D eigenvalue weighted by Crippen LogP contribution is 2.32. The van der Waals surface area contributed by atoms with E-state index in [0.29, 0.717) is 5.56 Å². The molecule has 2 nitrogen and oxygen atoms in total. The van der Waals surface area contributed by atoms with E-state index in [9.17, 15) is 9.18 Å². The van der Waals surface area contributed by atoms with Crippen LogP contribution >= 0.6 is 43.2 Å². The smallest absolute Gasteiger partial charge is 0.184 e. The molecule has 3 aromatic rings. The summed E-state index contributed by atoms with van der Waals surface area (Å²) in [6.07, 6.45) is 1.80. The zero-order chi connectivity index (χ0) is 14.3. The molecule has 2 heterocycles. The van der Waals surface area contributed by atoms with Crippen molar-refractivity contribution in [1.29, 1.82) is 0 Å². The number of benzene rings is 1. The highest BCUT2D eigenvalue weighted by Gasteiger charge is 2.15. The Labute approximate surface area is 135 Å². The van der Waals surface area contributed by atoms with Gasteiger partial charge in [-0.15, -0.1) is 11.3 Å². The Morgan fingerprint density at radius 1 is 1.25 bits per heavy atom. The molecular formula is C14H8Br2FNOS. The lowest BCUT2D eigenvalue weighted by atomic mass is 10.2. The summed E-state index contributed by atoms with van der Waals surface area (Å²) in [6.45, 7) is 0.233. The summed E-state index contributed by atoms with van der Waals surface area (Å²) in [7, 11) is 0. The van der Waals surface area contributed by atoms with E-state index in [1.807, 2.05) is 16.7 Å². The van der Waals surface area contributed by atoms with Gasteiger partial charge in [0.15, 0.2) is 5.78 Å². The molecule has 102 valence electrons. The summed E-state index contributed by atoms with van der Waals surface area (Å²) in [6, 6.07) is 8.18. The first-order valence-corrected chi connectivity index (χ1v) is 8.17. The van der Waals surface area contributed by atoms with Crippen LogP contribution in [0.25, 0.3) is 10.9 Å². The van der Waals surface area contributed by atoms with Gasteiger partial charge in [-0.05, 0) is 62.2 Å². The molecule has 1 aromatic carbocycles. The molecule has 0 saturated carbocycles. The number of halogens is 3. The topological polar surface area (TPSA) is 22.0 Å². The molecule has 0 amide bonds. The molecule has 0 bridgehead atoms. The number of carbonyl (C=O) groups excluding carboxylic acids is 1. The fourth-order valence-electron chi connectivity index (χ4n) is 2.08. The number of ketones is 1. The molecule has 0 aliphatic heterocycles. The molecule has 0 N–H and O–H groups in total. The zero-order valence-corrected chi connectivity index (χ0v) is 14.1. The number of fused-ring (bicyclic) bond motifs is 1. The Hall–Kier alpha value is -0.980. The average Bonchev–Trinajstić information content (AvgIpc) is 2.93. The number of Topliss-reactive ketones (excluding diaryl/α,β-unsaturated/α-hetero) is 1. The zero-order valence-electron chi connectivity index (χ0n) is 10.1. The third-order valence-corrected chi connectivity index (χ3v) is 5.34. The molecule has 2 aromatic heterocycles. The van der Waals surface area contributed by atoms with Crippen LogP contribution in [0.1, 0.15) is 10.4 Å². The molecule has 0 unspecified atom stereocenters. The maximum absolute atomic E-state index is 13.1. The van der Waals surface area contributed by atoms with E-state index in [1.54, 1.807) is 12.3 Å². The van der Waals surface area contributed by atoms with Crippen molar-refractivity contribution in [1.82, 2.24) is 4.57 Å². The van der Waals surface area contributed by atoms with Gasteiger partial charge in [0, 0.05) is 22.7 Å². The van der Waals surface area contributed by atoms with Crippen molar-refractivity contribution < 1.29 is 9.18 Å². The first-order valence-electron chi connectivity index (χ1n) is 5.77. The van der Waals surface area contributed by atoms with E-state index in [4.69, 9.17) is 0 Å². The van der Waals surface area contributed by atoms with Crippen LogP contribution in [0.3, 0.4) is 0 Å². The van der Waals surface area contributed by atoms with E-state index in [1.165, 1.54) is 23.5 Å².